The number of ketones is 1. The molecule has 25 heavy (non-hydrogen) atoms. The number of hydrogen-bond donors (Lipinski definition) is 0. The normalized spacial score (nSPS) is 10.6. The maximum atomic E-state index is 12.1. The van der Waals surface area contributed by atoms with Gasteiger partial charge in [-0.25, -0.2) is 4.79 Å². The number of nitrogens with zero attached hydrogens (tertiary/aromatic N) is 4. The summed E-state index contributed by atoms with van der Waals surface area (Å²) in [6, 6.07) is 7.25. The molecular formula is C17H16N4O3S. The number of esters is 1. The van der Waals surface area contributed by atoms with Crippen molar-refractivity contribution in [3.63, 3.8) is 0 Å². The zero-order valence-corrected chi connectivity index (χ0v) is 14.6. The number of carbonyl (C=O) groups excluding carboxylic acids is 2. The van der Waals surface area contributed by atoms with Crippen molar-refractivity contribution in [2.45, 2.75) is 20.4 Å². The second kappa shape index (κ2) is 7.35. The van der Waals surface area contributed by atoms with Crippen LogP contribution in [0.15, 0.2) is 35.0 Å². The number of ether oxygens (including phenoxy) is 1. The maximum absolute atomic E-state index is 12.1. The van der Waals surface area contributed by atoms with Crippen LogP contribution in [-0.2, 0) is 16.1 Å². The summed E-state index contributed by atoms with van der Waals surface area (Å²) < 4.78 is 5.02. The summed E-state index contributed by atoms with van der Waals surface area (Å²) in [5, 5.41) is 15.6. The number of thiophene rings is 1. The molecule has 128 valence electrons. The fraction of sp³-hybridized carbons (Fsp3) is 0.235. The number of benzene rings is 1. The molecule has 3 aromatic rings. The molecule has 0 saturated carbocycles. The van der Waals surface area contributed by atoms with E-state index in [0.29, 0.717) is 11.4 Å². The lowest BCUT2D eigenvalue weighted by Gasteiger charge is -2.06. The Labute approximate surface area is 148 Å². The average molecular weight is 356 g/mol. The van der Waals surface area contributed by atoms with Crippen molar-refractivity contribution in [3.8, 4) is 11.4 Å². The Hall–Kier alpha value is -2.87. The number of aromatic nitrogens is 4. The smallest absolute Gasteiger partial charge is 0.330 e. The molecule has 0 N–H and O–H groups in total. The molecule has 2 aromatic heterocycles. The minimum atomic E-state index is -0.591. The van der Waals surface area contributed by atoms with Crippen molar-refractivity contribution in [2.24, 2.45) is 0 Å². The summed E-state index contributed by atoms with van der Waals surface area (Å²) in [5.74, 6) is -0.395. The van der Waals surface area contributed by atoms with Gasteiger partial charge in [-0.3, -0.25) is 4.79 Å². The Morgan fingerprint density at radius 1 is 1.20 bits per heavy atom. The summed E-state index contributed by atoms with van der Waals surface area (Å²) in [6.45, 7) is 3.39. The van der Waals surface area contributed by atoms with Crippen LogP contribution in [0.3, 0.4) is 0 Å². The highest BCUT2D eigenvalue weighted by Crippen LogP contribution is 2.16. The molecule has 0 spiro atoms. The van der Waals surface area contributed by atoms with E-state index in [1.54, 1.807) is 12.1 Å². The Kier molecular flexibility index (Phi) is 4.99. The van der Waals surface area contributed by atoms with Crippen LogP contribution in [0.1, 0.15) is 21.5 Å². The number of Topliss-reactive ketones (excluding diaryl/α,β-unsaturated/α-hetero) is 1. The highest BCUT2D eigenvalue weighted by Gasteiger charge is 2.13. The second-order valence-corrected chi connectivity index (χ2v) is 6.32. The first kappa shape index (κ1) is 17.0. The minimum Gasteiger partial charge on any atom is -0.456 e. The molecular weight excluding hydrogens is 340 g/mol. The molecule has 0 aliphatic rings. The Morgan fingerprint density at radius 3 is 2.76 bits per heavy atom. The largest absolute Gasteiger partial charge is 0.456 e. The van der Waals surface area contributed by atoms with Gasteiger partial charge in [-0.2, -0.15) is 16.1 Å². The van der Waals surface area contributed by atoms with Crippen molar-refractivity contribution >= 4 is 23.1 Å². The van der Waals surface area contributed by atoms with E-state index in [2.05, 4.69) is 15.4 Å². The number of carbonyl (C=O) groups is 2. The summed E-state index contributed by atoms with van der Waals surface area (Å²) in [7, 11) is 0. The summed E-state index contributed by atoms with van der Waals surface area (Å²) in [5.41, 5.74) is 3.49. The summed E-state index contributed by atoms with van der Waals surface area (Å²) in [6.07, 6.45) is 0. The third-order valence-corrected chi connectivity index (χ3v) is 4.38. The van der Waals surface area contributed by atoms with Gasteiger partial charge in [0, 0.05) is 16.5 Å². The molecule has 1 aromatic carbocycles. The van der Waals surface area contributed by atoms with Gasteiger partial charge >= 0.3 is 5.97 Å². The van der Waals surface area contributed by atoms with Crippen molar-refractivity contribution in [1.29, 1.82) is 0 Å². The third kappa shape index (κ3) is 4.16. The number of rotatable bonds is 6. The molecule has 0 fully saturated rings. The molecule has 3 rings (SSSR count). The van der Waals surface area contributed by atoms with Gasteiger partial charge in [0.25, 0.3) is 0 Å². The predicted octanol–water partition coefficient (Wildman–Crippen LogP) is 2.44. The molecule has 0 amide bonds. The fourth-order valence-electron chi connectivity index (χ4n) is 2.12. The van der Waals surface area contributed by atoms with Gasteiger partial charge in [-0.05, 0) is 47.7 Å². The van der Waals surface area contributed by atoms with E-state index >= 15 is 0 Å². The highest BCUT2D eigenvalue weighted by molar-refractivity contribution is 7.08. The van der Waals surface area contributed by atoms with Gasteiger partial charge in [0.1, 0.15) is 0 Å². The van der Waals surface area contributed by atoms with Crippen LogP contribution in [-0.4, -0.2) is 38.6 Å². The van der Waals surface area contributed by atoms with Gasteiger partial charge in [-0.1, -0.05) is 12.1 Å². The van der Waals surface area contributed by atoms with Crippen LogP contribution in [0, 0.1) is 13.8 Å². The molecule has 7 nitrogen and oxygen atoms in total. The summed E-state index contributed by atoms with van der Waals surface area (Å²) in [4.78, 5) is 25.1. The number of aryl methyl sites for hydroxylation is 2. The van der Waals surface area contributed by atoms with Crippen LogP contribution >= 0.6 is 11.3 Å². The first-order valence-electron chi connectivity index (χ1n) is 7.59. The molecule has 0 aliphatic carbocycles. The average Bonchev–Trinajstić information content (AvgIpc) is 3.26. The van der Waals surface area contributed by atoms with Gasteiger partial charge in [0.2, 0.25) is 5.82 Å². The molecule has 0 aliphatic heterocycles. The lowest BCUT2D eigenvalue weighted by molar-refractivity contribution is -0.143. The van der Waals surface area contributed by atoms with Crippen LogP contribution in [0.4, 0.5) is 0 Å². The highest BCUT2D eigenvalue weighted by atomic mass is 32.1. The third-order valence-electron chi connectivity index (χ3n) is 3.70. The van der Waals surface area contributed by atoms with Crippen molar-refractivity contribution < 1.29 is 14.3 Å². The fourth-order valence-corrected chi connectivity index (χ4v) is 2.76. The Bertz CT molecular complexity index is 903. The lowest BCUT2D eigenvalue weighted by Crippen LogP contribution is -2.20. The van der Waals surface area contributed by atoms with E-state index in [1.165, 1.54) is 11.3 Å². The molecule has 0 bridgehead atoms. The van der Waals surface area contributed by atoms with Crippen LogP contribution < -0.4 is 0 Å². The zero-order chi connectivity index (χ0) is 17.8. The predicted molar refractivity (Wildman–Crippen MR) is 92.3 cm³/mol. The summed E-state index contributed by atoms with van der Waals surface area (Å²) >= 11 is 1.52. The Morgan fingerprint density at radius 2 is 2.04 bits per heavy atom. The van der Waals surface area contributed by atoms with Crippen LogP contribution in [0.2, 0.25) is 0 Å². The van der Waals surface area contributed by atoms with Gasteiger partial charge in [0.15, 0.2) is 18.9 Å². The number of tetrazole rings is 1. The first-order chi connectivity index (χ1) is 12.0. The van der Waals surface area contributed by atoms with E-state index in [-0.39, 0.29) is 18.9 Å². The van der Waals surface area contributed by atoms with Gasteiger partial charge < -0.3 is 4.74 Å². The van der Waals surface area contributed by atoms with Crippen molar-refractivity contribution in [1.82, 2.24) is 20.2 Å². The zero-order valence-electron chi connectivity index (χ0n) is 13.8. The van der Waals surface area contributed by atoms with Crippen molar-refractivity contribution in [3.05, 3.63) is 51.7 Å². The molecule has 8 heteroatoms. The van der Waals surface area contributed by atoms with Crippen LogP contribution in [0.25, 0.3) is 11.4 Å². The van der Waals surface area contributed by atoms with E-state index in [4.69, 9.17) is 4.74 Å². The monoisotopic (exact) mass is 356 g/mol. The molecule has 2 heterocycles. The standard InChI is InChI=1S/C17H16N4O3S/c1-11-3-4-13(7-12(11)2)15(22)9-24-16(23)8-21-19-17(18-20-21)14-5-6-25-10-14/h3-7,10H,8-9H2,1-2H3. The van der Waals surface area contributed by atoms with Gasteiger partial charge in [0.05, 0.1) is 0 Å². The first-order valence-corrected chi connectivity index (χ1v) is 8.53. The minimum absolute atomic E-state index is 0.197. The molecule has 0 radical (unpaired) electrons. The Balaban J connectivity index is 1.54. The van der Waals surface area contributed by atoms with E-state index in [1.807, 2.05) is 36.7 Å². The lowest BCUT2D eigenvalue weighted by atomic mass is 10.0. The van der Waals surface area contributed by atoms with Crippen LogP contribution in [0.5, 0.6) is 0 Å². The van der Waals surface area contributed by atoms with E-state index in [0.717, 1.165) is 21.5 Å². The molecule has 0 atom stereocenters. The maximum Gasteiger partial charge on any atom is 0.330 e. The molecule has 0 saturated heterocycles. The topological polar surface area (TPSA) is 87.0 Å². The van der Waals surface area contributed by atoms with E-state index < -0.39 is 5.97 Å². The quantitative estimate of drug-likeness (QED) is 0.498. The van der Waals surface area contributed by atoms with Gasteiger partial charge in [-0.15, -0.1) is 10.2 Å². The van der Waals surface area contributed by atoms with E-state index in [9.17, 15) is 9.59 Å². The molecule has 0 unspecified atom stereocenters. The number of hydrogen-bond acceptors (Lipinski definition) is 7. The SMILES string of the molecule is Cc1ccc(C(=O)COC(=O)Cn2nnc(-c3ccsc3)n2)cc1C. The van der Waals surface area contributed by atoms with Crippen molar-refractivity contribution in [2.75, 3.05) is 6.61 Å². The second-order valence-electron chi connectivity index (χ2n) is 5.54.